The molecule has 0 radical (unpaired) electrons. The number of rotatable bonds is 5. The average molecular weight is 310 g/mol. The minimum Gasteiger partial charge on any atom is -0.467 e. The third-order valence-electron chi connectivity index (χ3n) is 2.83. The number of amides is 2. The zero-order valence-corrected chi connectivity index (χ0v) is 12.2. The number of anilines is 1. The first-order chi connectivity index (χ1) is 10.1. The summed E-state index contributed by atoms with van der Waals surface area (Å²) in [7, 11) is 0. The van der Waals surface area contributed by atoms with Crippen LogP contribution in [0.4, 0.5) is 10.5 Å². The molecular formula is C14H16ClN3O3. The van der Waals surface area contributed by atoms with Gasteiger partial charge in [-0.05, 0) is 31.2 Å². The molecule has 2 atom stereocenters. The van der Waals surface area contributed by atoms with Crippen LogP contribution in [0.1, 0.15) is 25.2 Å². The van der Waals surface area contributed by atoms with E-state index in [2.05, 4.69) is 15.6 Å². The van der Waals surface area contributed by atoms with Crippen LogP contribution in [-0.2, 0) is 0 Å². The molecule has 0 bridgehead atoms. The van der Waals surface area contributed by atoms with Gasteiger partial charge in [-0.1, -0.05) is 11.6 Å². The Morgan fingerprint density at radius 1 is 1.48 bits per heavy atom. The topological polar surface area (TPSA) is 87.4 Å². The number of pyridine rings is 1. The van der Waals surface area contributed by atoms with Gasteiger partial charge >= 0.3 is 6.03 Å². The van der Waals surface area contributed by atoms with Crippen LogP contribution in [-0.4, -0.2) is 22.2 Å². The van der Waals surface area contributed by atoms with Crippen molar-refractivity contribution in [1.82, 2.24) is 10.3 Å². The van der Waals surface area contributed by atoms with Gasteiger partial charge in [-0.25, -0.2) is 9.78 Å². The Morgan fingerprint density at radius 3 is 2.95 bits per heavy atom. The molecule has 2 amide bonds. The van der Waals surface area contributed by atoms with Gasteiger partial charge in [0.2, 0.25) is 0 Å². The first-order valence-corrected chi connectivity index (χ1v) is 6.83. The molecule has 0 aliphatic heterocycles. The van der Waals surface area contributed by atoms with E-state index < -0.39 is 12.1 Å². The van der Waals surface area contributed by atoms with E-state index >= 15 is 0 Å². The SMILES string of the molecule is CC(CC(O)c1ccco1)NC(=O)Nc1cccnc1Cl. The standard InChI is InChI=1S/C14H16ClN3O3/c1-9(8-11(19)12-5-3-7-21-12)17-14(20)18-10-4-2-6-16-13(10)15/h2-7,9,11,19H,8H2,1H3,(H2,17,18,20). The number of urea groups is 1. The van der Waals surface area contributed by atoms with Gasteiger partial charge in [-0.2, -0.15) is 0 Å². The van der Waals surface area contributed by atoms with Gasteiger partial charge in [0.15, 0.2) is 5.15 Å². The molecule has 0 aliphatic carbocycles. The molecule has 112 valence electrons. The summed E-state index contributed by atoms with van der Waals surface area (Å²) in [6, 6.07) is 6.05. The largest absolute Gasteiger partial charge is 0.467 e. The number of nitrogens with zero attached hydrogens (tertiary/aromatic N) is 1. The molecule has 2 rings (SSSR count). The van der Waals surface area contributed by atoms with E-state index in [4.69, 9.17) is 16.0 Å². The molecule has 6 nitrogen and oxygen atoms in total. The zero-order valence-electron chi connectivity index (χ0n) is 11.4. The molecule has 21 heavy (non-hydrogen) atoms. The molecule has 2 aromatic heterocycles. The monoisotopic (exact) mass is 309 g/mol. The van der Waals surface area contributed by atoms with Gasteiger partial charge in [-0.15, -0.1) is 0 Å². The summed E-state index contributed by atoms with van der Waals surface area (Å²) in [6.45, 7) is 1.79. The van der Waals surface area contributed by atoms with Crippen molar-refractivity contribution in [2.75, 3.05) is 5.32 Å². The van der Waals surface area contributed by atoms with Crippen molar-refractivity contribution in [3.8, 4) is 0 Å². The van der Waals surface area contributed by atoms with Crippen molar-refractivity contribution in [2.45, 2.75) is 25.5 Å². The predicted molar refractivity (Wildman–Crippen MR) is 79.1 cm³/mol. The fourth-order valence-electron chi connectivity index (χ4n) is 1.85. The number of nitrogens with one attached hydrogen (secondary N) is 2. The maximum Gasteiger partial charge on any atom is 0.319 e. The molecule has 0 aliphatic rings. The second-order valence-corrected chi connectivity index (χ2v) is 4.97. The molecule has 2 heterocycles. The highest BCUT2D eigenvalue weighted by Crippen LogP contribution is 2.19. The smallest absolute Gasteiger partial charge is 0.319 e. The summed E-state index contributed by atoms with van der Waals surface area (Å²) in [6.07, 6.45) is 2.60. The van der Waals surface area contributed by atoms with Crippen LogP contribution < -0.4 is 10.6 Å². The first-order valence-electron chi connectivity index (χ1n) is 6.45. The van der Waals surface area contributed by atoms with Crippen LogP contribution in [0.2, 0.25) is 5.15 Å². The molecule has 0 spiro atoms. The van der Waals surface area contributed by atoms with Crippen LogP contribution in [0.15, 0.2) is 41.1 Å². The molecule has 3 N–H and O–H groups in total. The summed E-state index contributed by atoms with van der Waals surface area (Å²) < 4.78 is 5.11. The van der Waals surface area contributed by atoms with Gasteiger partial charge < -0.3 is 20.2 Å². The summed E-state index contributed by atoms with van der Waals surface area (Å²) in [5, 5.41) is 15.5. The lowest BCUT2D eigenvalue weighted by molar-refractivity contribution is 0.130. The van der Waals surface area contributed by atoms with E-state index in [-0.39, 0.29) is 11.2 Å². The molecule has 7 heteroatoms. The number of carbonyl (C=O) groups excluding carboxylic acids is 1. The number of halogens is 1. The maximum absolute atomic E-state index is 11.8. The Bertz CT molecular complexity index is 589. The van der Waals surface area contributed by atoms with Gasteiger partial charge in [0.25, 0.3) is 0 Å². The van der Waals surface area contributed by atoms with Crippen molar-refractivity contribution in [3.63, 3.8) is 0 Å². The van der Waals surface area contributed by atoms with Crippen LogP contribution in [0.3, 0.4) is 0 Å². The minimum absolute atomic E-state index is 0.218. The van der Waals surface area contributed by atoms with Crippen LogP contribution in [0.5, 0.6) is 0 Å². The van der Waals surface area contributed by atoms with Crippen LogP contribution >= 0.6 is 11.6 Å². The molecular weight excluding hydrogens is 294 g/mol. The van der Waals surface area contributed by atoms with Crippen molar-refractivity contribution in [3.05, 3.63) is 47.6 Å². The lowest BCUT2D eigenvalue weighted by Gasteiger charge is -2.17. The fourth-order valence-corrected chi connectivity index (χ4v) is 2.02. The van der Waals surface area contributed by atoms with Crippen LogP contribution in [0, 0.1) is 0 Å². The third kappa shape index (κ3) is 4.47. The van der Waals surface area contributed by atoms with Gasteiger partial charge in [0.1, 0.15) is 11.9 Å². The molecule has 2 unspecified atom stereocenters. The van der Waals surface area contributed by atoms with Crippen molar-refractivity contribution in [1.29, 1.82) is 0 Å². The Labute approximate surface area is 127 Å². The van der Waals surface area contributed by atoms with Gasteiger partial charge in [0, 0.05) is 18.7 Å². The molecule has 0 aromatic carbocycles. The Morgan fingerprint density at radius 2 is 2.29 bits per heavy atom. The Kier molecular flexibility index (Phi) is 5.19. The molecule has 2 aromatic rings. The second-order valence-electron chi connectivity index (χ2n) is 4.61. The van der Waals surface area contributed by atoms with E-state index in [1.165, 1.54) is 12.5 Å². The van der Waals surface area contributed by atoms with E-state index in [0.717, 1.165) is 0 Å². The van der Waals surface area contributed by atoms with Crippen molar-refractivity contribution < 1.29 is 14.3 Å². The zero-order chi connectivity index (χ0) is 15.2. The van der Waals surface area contributed by atoms with Crippen molar-refractivity contribution in [2.24, 2.45) is 0 Å². The second kappa shape index (κ2) is 7.10. The average Bonchev–Trinajstić information content (AvgIpc) is 2.95. The highest BCUT2D eigenvalue weighted by molar-refractivity contribution is 6.32. The van der Waals surface area contributed by atoms with E-state index in [0.29, 0.717) is 17.9 Å². The van der Waals surface area contributed by atoms with Crippen molar-refractivity contribution >= 4 is 23.3 Å². The number of hydrogen-bond donors (Lipinski definition) is 3. The first kappa shape index (κ1) is 15.3. The number of aromatic nitrogens is 1. The lowest BCUT2D eigenvalue weighted by atomic mass is 10.1. The van der Waals surface area contributed by atoms with E-state index in [1.807, 2.05) is 0 Å². The van der Waals surface area contributed by atoms with E-state index in [9.17, 15) is 9.90 Å². The lowest BCUT2D eigenvalue weighted by Crippen LogP contribution is -2.37. The molecule has 0 saturated heterocycles. The maximum atomic E-state index is 11.8. The summed E-state index contributed by atoms with van der Waals surface area (Å²) in [5.74, 6) is 0.472. The van der Waals surface area contributed by atoms with E-state index in [1.54, 1.807) is 31.2 Å². The normalized spacial score (nSPS) is 13.5. The number of aliphatic hydroxyl groups excluding tert-OH is 1. The highest BCUT2D eigenvalue weighted by Gasteiger charge is 2.16. The number of hydrogen-bond acceptors (Lipinski definition) is 4. The molecule has 0 saturated carbocycles. The van der Waals surface area contributed by atoms with Gasteiger partial charge in [0.05, 0.1) is 12.0 Å². The minimum atomic E-state index is -0.766. The predicted octanol–water partition coefficient (Wildman–Crippen LogP) is 2.96. The number of furan rings is 1. The van der Waals surface area contributed by atoms with Crippen LogP contribution in [0.25, 0.3) is 0 Å². The number of carbonyl (C=O) groups is 1. The quantitative estimate of drug-likeness (QED) is 0.741. The van der Waals surface area contributed by atoms with Gasteiger partial charge in [-0.3, -0.25) is 0 Å². The number of aliphatic hydroxyl groups is 1. The Balaban J connectivity index is 1.83. The highest BCUT2D eigenvalue weighted by atomic mass is 35.5. The summed E-state index contributed by atoms with van der Waals surface area (Å²) in [5.41, 5.74) is 0.426. The summed E-state index contributed by atoms with van der Waals surface area (Å²) >= 11 is 5.85. The molecule has 0 fully saturated rings. The summed E-state index contributed by atoms with van der Waals surface area (Å²) in [4.78, 5) is 15.7. The third-order valence-corrected chi connectivity index (χ3v) is 3.13. The fraction of sp³-hybridized carbons (Fsp3) is 0.286. The Hall–Kier alpha value is -2.05.